The van der Waals surface area contributed by atoms with E-state index < -0.39 is 0 Å². The molecule has 160 valence electrons. The normalized spacial score (nSPS) is 22.4. The molecule has 0 radical (unpaired) electrons. The van der Waals surface area contributed by atoms with Crippen LogP contribution in [-0.2, 0) is 0 Å². The molecule has 6 rings (SSSR count). The summed E-state index contributed by atoms with van der Waals surface area (Å²) >= 11 is 0. The van der Waals surface area contributed by atoms with Crippen LogP contribution in [0.25, 0.3) is 28.2 Å². The Hall–Kier alpha value is -3.58. The number of pyridine rings is 1. The van der Waals surface area contributed by atoms with Crippen molar-refractivity contribution in [3.8, 4) is 22.5 Å². The van der Waals surface area contributed by atoms with Gasteiger partial charge in [-0.2, -0.15) is 5.10 Å². The van der Waals surface area contributed by atoms with E-state index in [1.54, 1.807) is 23.0 Å². The summed E-state index contributed by atoms with van der Waals surface area (Å²) in [6.07, 6.45) is 9.42. The fourth-order valence-corrected chi connectivity index (χ4v) is 5.23. The third-order valence-corrected chi connectivity index (χ3v) is 6.78. The van der Waals surface area contributed by atoms with Gasteiger partial charge >= 0.3 is 0 Å². The van der Waals surface area contributed by atoms with Crippen molar-refractivity contribution in [2.75, 3.05) is 0 Å². The van der Waals surface area contributed by atoms with Crippen LogP contribution in [0, 0.1) is 0 Å². The fraction of sp³-hybridized carbons (Fsp3) is 0.280. The lowest BCUT2D eigenvalue weighted by Crippen LogP contribution is -2.47. The second-order valence-corrected chi connectivity index (χ2v) is 8.70. The van der Waals surface area contributed by atoms with Crippen LogP contribution in [0.1, 0.15) is 36.0 Å². The number of amides is 1. The van der Waals surface area contributed by atoms with Gasteiger partial charge in [-0.25, -0.2) is 9.50 Å². The highest BCUT2D eigenvalue weighted by Crippen LogP contribution is 2.36. The summed E-state index contributed by atoms with van der Waals surface area (Å²) in [7, 11) is 0. The van der Waals surface area contributed by atoms with Crippen molar-refractivity contribution in [2.45, 2.75) is 43.8 Å². The highest BCUT2D eigenvalue weighted by atomic mass is 16.2. The highest BCUT2D eigenvalue weighted by molar-refractivity contribution is 5.96. The van der Waals surface area contributed by atoms with Gasteiger partial charge < -0.3 is 10.6 Å². The molecule has 32 heavy (non-hydrogen) atoms. The summed E-state index contributed by atoms with van der Waals surface area (Å²) in [6, 6.07) is 16.1. The average molecular weight is 425 g/mol. The van der Waals surface area contributed by atoms with Crippen molar-refractivity contribution in [3.05, 3.63) is 72.7 Å². The Kier molecular flexibility index (Phi) is 4.50. The molecule has 3 atom stereocenters. The van der Waals surface area contributed by atoms with E-state index in [2.05, 4.69) is 10.1 Å². The molecular formula is C25H24N6O. The largest absolute Gasteiger partial charge is 0.331 e. The molecule has 0 saturated carbocycles. The lowest BCUT2D eigenvalue weighted by molar-refractivity contribution is 0.0588. The predicted molar refractivity (Wildman–Crippen MR) is 122 cm³/mol. The third-order valence-electron chi connectivity index (χ3n) is 6.78. The monoisotopic (exact) mass is 424 g/mol. The number of nitrogens with zero attached hydrogens (tertiary/aromatic N) is 5. The molecular weight excluding hydrogens is 400 g/mol. The van der Waals surface area contributed by atoms with Crippen LogP contribution in [0.2, 0.25) is 0 Å². The van der Waals surface area contributed by atoms with Gasteiger partial charge in [0.15, 0.2) is 5.65 Å². The Morgan fingerprint density at radius 3 is 2.78 bits per heavy atom. The Labute approximate surface area is 185 Å². The minimum absolute atomic E-state index is 0.0470. The average Bonchev–Trinajstić information content (AvgIpc) is 3.34. The van der Waals surface area contributed by atoms with E-state index in [9.17, 15) is 4.79 Å². The smallest absolute Gasteiger partial charge is 0.254 e. The van der Waals surface area contributed by atoms with Crippen molar-refractivity contribution in [2.24, 2.45) is 5.73 Å². The van der Waals surface area contributed by atoms with Crippen LogP contribution >= 0.6 is 0 Å². The van der Waals surface area contributed by atoms with Crippen LogP contribution in [0.5, 0.6) is 0 Å². The van der Waals surface area contributed by atoms with Crippen molar-refractivity contribution in [1.82, 2.24) is 24.5 Å². The predicted octanol–water partition coefficient (Wildman–Crippen LogP) is 3.55. The number of nitrogens with two attached hydrogens (primary N) is 1. The first-order valence-corrected chi connectivity index (χ1v) is 11.1. The van der Waals surface area contributed by atoms with Gasteiger partial charge in [0.2, 0.25) is 0 Å². The molecule has 7 nitrogen and oxygen atoms in total. The number of benzene rings is 1. The second-order valence-electron chi connectivity index (χ2n) is 8.70. The number of rotatable bonds is 3. The minimum Gasteiger partial charge on any atom is -0.331 e. The van der Waals surface area contributed by atoms with Crippen molar-refractivity contribution in [3.63, 3.8) is 0 Å². The van der Waals surface area contributed by atoms with Crippen LogP contribution < -0.4 is 5.73 Å². The summed E-state index contributed by atoms with van der Waals surface area (Å²) in [6.45, 7) is 0. The third kappa shape index (κ3) is 3.08. The second kappa shape index (κ2) is 7.53. The van der Waals surface area contributed by atoms with Crippen LogP contribution in [0.15, 0.2) is 67.1 Å². The number of hydrogen-bond acceptors (Lipinski definition) is 5. The first kappa shape index (κ1) is 19.1. The summed E-state index contributed by atoms with van der Waals surface area (Å²) in [5.74, 6) is 0.0470. The molecule has 4 aromatic rings. The molecule has 0 aliphatic carbocycles. The van der Waals surface area contributed by atoms with Crippen LogP contribution in [-0.4, -0.2) is 48.5 Å². The zero-order valence-electron chi connectivity index (χ0n) is 17.6. The fourth-order valence-electron chi connectivity index (χ4n) is 5.23. The lowest BCUT2D eigenvalue weighted by atomic mass is 10.0. The van der Waals surface area contributed by atoms with Gasteiger partial charge in [-0.15, -0.1) is 0 Å². The van der Waals surface area contributed by atoms with Gasteiger partial charge in [0.05, 0.1) is 23.1 Å². The van der Waals surface area contributed by atoms with Gasteiger partial charge in [0.1, 0.15) is 0 Å². The maximum Gasteiger partial charge on any atom is 0.254 e. The molecule has 7 heteroatoms. The Morgan fingerprint density at radius 2 is 1.94 bits per heavy atom. The number of carbonyl (C=O) groups is 1. The number of hydrogen-bond donors (Lipinski definition) is 1. The SMILES string of the molecule is N[C@H]1C[C@@H]2CCC[C@H]1N2C(=O)c1ccnc(-c2cnn3ccc(-c4ccccc4)nc23)c1. The maximum absolute atomic E-state index is 13.4. The molecule has 2 saturated heterocycles. The number of aromatic nitrogens is 4. The van der Waals surface area contributed by atoms with E-state index in [4.69, 9.17) is 10.7 Å². The molecule has 1 amide bonds. The summed E-state index contributed by atoms with van der Waals surface area (Å²) < 4.78 is 1.74. The van der Waals surface area contributed by atoms with E-state index in [0.717, 1.165) is 42.5 Å². The number of carbonyl (C=O) groups excluding carboxylic acids is 1. The maximum atomic E-state index is 13.4. The van der Waals surface area contributed by atoms with Gasteiger partial charge in [0.25, 0.3) is 5.91 Å². The van der Waals surface area contributed by atoms with E-state index >= 15 is 0 Å². The molecule has 2 N–H and O–H groups in total. The molecule has 0 unspecified atom stereocenters. The molecule has 2 aliphatic rings. The summed E-state index contributed by atoms with van der Waals surface area (Å²) in [5, 5.41) is 4.44. The first-order chi connectivity index (χ1) is 15.7. The lowest BCUT2D eigenvalue weighted by Gasteiger charge is -2.35. The van der Waals surface area contributed by atoms with Crippen LogP contribution in [0.4, 0.5) is 0 Å². The Bertz CT molecular complexity index is 1300. The Balaban J connectivity index is 1.37. The molecule has 1 aromatic carbocycles. The standard InChI is InChI=1S/C25H24N6O/c26-20-14-18-7-4-8-23(20)31(18)25(32)17-9-11-27-22(13-17)19-15-28-30-12-10-21(29-24(19)30)16-5-2-1-3-6-16/h1-3,5-6,9-13,15,18,20,23H,4,7-8,14,26H2/t18-,20-,23+/m0/s1. The van der Waals surface area contributed by atoms with Gasteiger partial charge in [-0.3, -0.25) is 9.78 Å². The topological polar surface area (TPSA) is 89.4 Å². The minimum atomic E-state index is 0.0470. The molecule has 2 aliphatic heterocycles. The van der Waals surface area contributed by atoms with E-state index in [1.807, 2.05) is 53.6 Å². The highest BCUT2D eigenvalue weighted by Gasteiger charge is 2.44. The van der Waals surface area contributed by atoms with E-state index in [-0.39, 0.29) is 24.0 Å². The molecule has 0 spiro atoms. The van der Waals surface area contributed by atoms with Crippen molar-refractivity contribution >= 4 is 11.6 Å². The quantitative estimate of drug-likeness (QED) is 0.543. The van der Waals surface area contributed by atoms with E-state index in [0.29, 0.717) is 16.9 Å². The zero-order chi connectivity index (χ0) is 21.7. The number of fused-ring (bicyclic) bond motifs is 3. The van der Waals surface area contributed by atoms with Gasteiger partial charge in [-0.05, 0) is 43.9 Å². The molecule has 2 fully saturated rings. The zero-order valence-corrected chi connectivity index (χ0v) is 17.6. The van der Waals surface area contributed by atoms with Gasteiger partial charge in [-0.1, -0.05) is 30.3 Å². The summed E-state index contributed by atoms with van der Waals surface area (Å²) in [4.78, 5) is 24.8. The number of piperidine rings is 1. The Morgan fingerprint density at radius 1 is 1.06 bits per heavy atom. The van der Waals surface area contributed by atoms with Gasteiger partial charge in [0, 0.05) is 41.6 Å². The molecule has 2 bridgehead atoms. The summed E-state index contributed by atoms with van der Waals surface area (Å²) in [5.41, 5.74) is 11.1. The molecule has 3 aromatic heterocycles. The van der Waals surface area contributed by atoms with Crippen molar-refractivity contribution < 1.29 is 4.79 Å². The molecule has 5 heterocycles. The van der Waals surface area contributed by atoms with Crippen molar-refractivity contribution in [1.29, 1.82) is 0 Å². The first-order valence-electron chi connectivity index (χ1n) is 11.1. The van der Waals surface area contributed by atoms with Crippen LogP contribution in [0.3, 0.4) is 0 Å². The van der Waals surface area contributed by atoms with E-state index in [1.165, 1.54) is 0 Å².